The molecular weight excluding hydrogens is 487 g/mol. The second kappa shape index (κ2) is 11.9. The van der Waals surface area contributed by atoms with Gasteiger partial charge in [-0.25, -0.2) is 9.37 Å². The van der Waals surface area contributed by atoms with Crippen molar-refractivity contribution < 1.29 is 9.13 Å². The lowest BCUT2D eigenvalue weighted by molar-refractivity contribution is 0.304. The Bertz CT molecular complexity index is 1470. The highest BCUT2D eigenvalue weighted by Crippen LogP contribution is 2.27. The minimum atomic E-state index is -0.238. The van der Waals surface area contributed by atoms with E-state index in [0.29, 0.717) is 13.2 Å². The first kappa shape index (κ1) is 26.2. The lowest BCUT2D eigenvalue weighted by atomic mass is 9.97. The minimum absolute atomic E-state index is 0. The minimum Gasteiger partial charge on any atom is -0.487 e. The van der Waals surface area contributed by atoms with Crippen LogP contribution in [0.1, 0.15) is 22.4 Å². The van der Waals surface area contributed by atoms with Crippen LogP contribution in [0.2, 0.25) is 0 Å². The molecule has 2 heterocycles. The molecule has 0 aliphatic carbocycles. The topological polar surface area (TPSA) is 64.6 Å². The maximum Gasteiger partial charge on any atom is 0.138 e. The molecule has 5 aromatic rings. The second-order valence-electron chi connectivity index (χ2n) is 8.75. The molecule has 5 rings (SSSR count). The molecule has 5 nitrogen and oxygen atoms in total. The van der Waals surface area contributed by atoms with Crippen molar-refractivity contribution in [2.24, 2.45) is 5.73 Å². The number of pyridine rings is 1. The predicted octanol–water partition coefficient (Wildman–Crippen LogP) is 6.56. The van der Waals surface area contributed by atoms with Crippen molar-refractivity contribution in [2.45, 2.75) is 26.5 Å². The van der Waals surface area contributed by atoms with Crippen LogP contribution in [0.5, 0.6) is 5.75 Å². The van der Waals surface area contributed by atoms with Crippen LogP contribution in [0.3, 0.4) is 0 Å². The van der Waals surface area contributed by atoms with E-state index in [-0.39, 0.29) is 18.2 Å². The van der Waals surface area contributed by atoms with E-state index in [4.69, 9.17) is 10.5 Å². The van der Waals surface area contributed by atoms with Gasteiger partial charge in [-0.15, -0.1) is 12.4 Å². The molecule has 0 saturated heterocycles. The molecule has 0 fully saturated rings. The lowest BCUT2D eigenvalue weighted by Gasteiger charge is -2.14. The van der Waals surface area contributed by atoms with Crippen molar-refractivity contribution in [2.75, 3.05) is 11.9 Å². The fraction of sp³-hybridized carbons (Fsp3) is 0.167. The highest BCUT2D eigenvalue weighted by molar-refractivity contribution is 5.85. The number of ether oxygens (including phenoxy) is 1. The maximum absolute atomic E-state index is 13.4. The van der Waals surface area contributed by atoms with Crippen LogP contribution in [0.25, 0.3) is 16.8 Å². The summed E-state index contributed by atoms with van der Waals surface area (Å²) in [6.45, 7) is 3.60. The molecule has 7 heteroatoms. The molecule has 0 aliphatic heterocycles. The third-order valence-electron chi connectivity index (χ3n) is 6.40. The molecule has 0 amide bonds. The summed E-state index contributed by atoms with van der Waals surface area (Å²) in [6, 6.07) is 26.9. The number of anilines is 1. The first-order valence-electron chi connectivity index (χ1n) is 12.1. The summed E-state index contributed by atoms with van der Waals surface area (Å²) in [7, 11) is 0. The van der Waals surface area contributed by atoms with Crippen LogP contribution >= 0.6 is 12.4 Å². The average Bonchev–Trinajstić information content (AvgIpc) is 3.26. The van der Waals surface area contributed by atoms with E-state index >= 15 is 0 Å². The third-order valence-corrected chi connectivity index (χ3v) is 6.40. The van der Waals surface area contributed by atoms with Crippen molar-refractivity contribution in [3.8, 4) is 16.9 Å². The fourth-order valence-corrected chi connectivity index (χ4v) is 4.40. The Kier molecular flexibility index (Phi) is 8.43. The van der Waals surface area contributed by atoms with Crippen LogP contribution in [-0.4, -0.2) is 15.9 Å². The molecule has 0 unspecified atom stereocenters. The Morgan fingerprint density at radius 1 is 0.946 bits per heavy atom. The summed E-state index contributed by atoms with van der Waals surface area (Å²) in [5, 5.41) is 3.51. The van der Waals surface area contributed by atoms with Gasteiger partial charge in [0, 0.05) is 13.1 Å². The van der Waals surface area contributed by atoms with E-state index in [0.717, 1.165) is 58.1 Å². The highest BCUT2D eigenvalue weighted by Gasteiger charge is 2.12. The van der Waals surface area contributed by atoms with E-state index in [1.807, 2.05) is 40.9 Å². The fourth-order valence-electron chi connectivity index (χ4n) is 4.40. The Morgan fingerprint density at radius 3 is 2.49 bits per heavy atom. The number of hydrogen-bond donors (Lipinski definition) is 2. The number of fused-ring (bicyclic) bond motifs is 1. The van der Waals surface area contributed by atoms with E-state index in [1.54, 1.807) is 12.1 Å². The second-order valence-corrected chi connectivity index (χ2v) is 8.75. The molecule has 190 valence electrons. The smallest absolute Gasteiger partial charge is 0.138 e. The number of benzene rings is 3. The summed E-state index contributed by atoms with van der Waals surface area (Å²) < 4.78 is 21.6. The summed E-state index contributed by atoms with van der Waals surface area (Å²) in [6.07, 6.45) is 2.85. The molecule has 0 radical (unpaired) electrons. The molecule has 0 bridgehead atoms. The molecule has 0 aliphatic rings. The van der Waals surface area contributed by atoms with Crippen molar-refractivity contribution in [3.05, 3.63) is 119 Å². The van der Waals surface area contributed by atoms with Crippen LogP contribution in [0.15, 0.2) is 91.1 Å². The Hall–Kier alpha value is -3.87. The van der Waals surface area contributed by atoms with Gasteiger partial charge in [-0.2, -0.15) is 0 Å². The van der Waals surface area contributed by atoms with Gasteiger partial charge in [0.1, 0.15) is 29.6 Å². The van der Waals surface area contributed by atoms with Crippen LogP contribution < -0.4 is 15.8 Å². The van der Waals surface area contributed by atoms with Gasteiger partial charge in [0.25, 0.3) is 0 Å². The number of nitrogens with two attached hydrogens (primary N) is 1. The van der Waals surface area contributed by atoms with Crippen molar-refractivity contribution in [1.29, 1.82) is 0 Å². The summed E-state index contributed by atoms with van der Waals surface area (Å²) in [4.78, 5) is 4.67. The van der Waals surface area contributed by atoms with E-state index in [2.05, 4.69) is 47.6 Å². The van der Waals surface area contributed by atoms with Gasteiger partial charge in [-0.05, 0) is 65.4 Å². The standard InChI is InChI=1S/C30H29FN4O.ClH/c1-21-24(8-5-9-27(21)23-10-12-25(31)13-11-23)20-36-26-14-15-29-34-28(18-32)30(35(29)19-26)33-17-16-22-6-3-2-4-7-22;/h2-15,19,33H,16-18,20,32H2,1H3;1H. The van der Waals surface area contributed by atoms with Crippen LogP contribution in [0.4, 0.5) is 10.2 Å². The summed E-state index contributed by atoms with van der Waals surface area (Å²) in [5.74, 6) is 1.39. The monoisotopic (exact) mass is 516 g/mol. The summed E-state index contributed by atoms with van der Waals surface area (Å²) in [5.41, 5.74) is 13.1. The quantitative estimate of drug-likeness (QED) is 0.233. The Morgan fingerprint density at radius 2 is 1.73 bits per heavy atom. The van der Waals surface area contributed by atoms with Crippen molar-refractivity contribution >= 4 is 23.9 Å². The number of nitrogens with one attached hydrogen (secondary N) is 1. The molecule has 37 heavy (non-hydrogen) atoms. The SMILES string of the molecule is Cc1c(COc2ccc3nc(CN)c(NCCc4ccccc4)n3c2)cccc1-c1ccc(F)cc1.Cl. The van der Waals surface area contributed by atoms with Gasteiger partial charge < -0.3 is 15.8 Å². The maximum atomic E-state index is 13.4. The Balaban J connectivity index is 0.00000320. The highest BCUT2D eigenvalue weighted by atomic mass is 35.5. The summed E-state index contributed by atoms with van der Waals surface area (Å²) >= 11 is 0. The average molecular weight is 517 g/mol. The molecule has 3 aromatic carbocycles. The first-order valence-corrected chi connectivity index (χ1v) is 12.1. The molecule has 3 N–H and O–H groups in total. The van der Waals surface area contributed by atoms with Gasteiger partial charge in [0.2, 0.25) is 0 Å². The van der Waals surface area contributed by atoms with Gasteiger partial charge in [-0.3, -0.25) is 4.40 Å². The zero-order valence-electron chi connectivity index (χ0n) is 20.7. The number of halogens is 2. The zero-order valence-corrected chi connectivity index (χ0v) is 21.5. The lowest BCUT2D eigenvalue weighted by Crippen LogP contribution is -2.10. The van der Waals surface area contributed by atoms with Crippen molar-refractivity contribution in [1.82, 2.24) is 9.38 Å². The zero-order chi connectivity index (χ0) is 24.9. The molecule has 2 aromatic heterocycles. The van der Waals surface area contributed by atoms with E-state index in [9.17, 15) is 4.39 Å². The molecule has 0 atom stereocenters. The predicted molar refractivity (Wildman–Crippen MR) is 150 cm³/mol. The Labute approximate surface area is 222 Å². The van der Waals surface area contributed by atoms with Gasteiger partial charge in [0.15, 0.2) is 0 Å². The first-order chi connectivity index (χ1) is 17.6. The molecular formula is C30H30ClFN4O. The largest absolute Gasteiger partial charge is 0.487 e. The van der Waals surface area contributed by atoms with E-state index in [1.165, 1.54) is 17.7 Å². The number of hydrogen-bond acceptors (Lipinski definition) is 4. The number of nitrogens with zero attached hydrogens (tertiary/aromatic N) is 2. The molecule has 0 spiro atoms. The third kappa shape index (κ3) is 5.93. The normalized spacial score (nSPS) is 10.8. The number of rotatable bonds is 9. The van der Waals surface area contributed by atoms with Gasteiger partial charge >= 0.3 is 0 Å². The van der Waals surface area contributed by atoms with Gasteiger partial charge in [-0.1, -0.05) is 60.7 Å². The number of imidazole rings is 1. The van der Waals surface area contributed by atoms with Gasteiger partial charge in [0.05, 0.1) is 11.9 Å². The van der Waals surface area contributed by atoms with Crippen LogP contribution in [-0.2, 0) is 19.6 Å². The van der Waals surface area contributed by atoms with Crippen molar-refractivity contribution in [3.63, 3.8) is 0 Å². The number of aromatic nitrogens is 2. The van der Waals surface area contributed by atoms with E-state index < -0.39 is 0 Å². The van der Waals surface area contributed by atoms with Crippen LogP contribution in [0, 0.1) is 12.7 Å². The molecule has 0 saturated carbocycles.